The molecule has 3 rings (SSSR count). The summed E-state index contributed by atoms with van der Waals surface area (Å²) in [6.07, 6.45) is 1.31. The van der Waals surface area contributed by atoms with Gasteiger partial charge in [-0.05, 0) is 36.8 Å². The number of hydrogen-bond acceptors (Lipinski definition) is 5. The molecule has 7 nitrogen and oxygen atoms in total. The Hall–Kier alpha value is -3.22. The zero-order valence-electron chi connectivity index (χ0n) is 15.6. The van der Waals surface area contributed by atoms with Gasteiger partial charge in [-0.3, -0.25) is 9.59 Å². The number of rotatable bonds is 6. The molecule has 0 radical (unpaired) electrons. The second-order valence-electron chi connectivity index (χ2n) is 6.03. The molecule has 0 bridgehead atoms. The van der Waals surface area contributed by atoms with Gasteiger partial charge in [-0.1, -0.05) is 6.07 Å². The van der Waals surface area contributed by atoms with Crippen LogP contribution in [0.2, 0.25) is 0 Å². The number of amides is 2. The fourth-order valence-electron chi connectivity index (χ4n) is 3.15. The van der Waals surface area contributed by atoms with E-state index in [1.54, 1.807) is 48.4 Å². The van der Waals surface area contributed by atoms with Crippen LogP contribution in [-0.4, -0.2) is 39.7 Å². The molecular weight excluding hydrogens is 348 g/mol. The van der Waals surface area contributed by atoms with Crippen LogP contribution in [0.25, 0.3) is 0 Å². The molecule has 1 heterocycles. The maximum absolute atomic E-state index is 12.8. The Morgan fingerprint density at radius 3 is 2.22 bits per heavy atom. The van der Waals surface area contributed by atoms with E-state index < -0.39 is 0 Å². The Morgan fingerprint density at radius 1 is 1.00 bits per heavy atom. The van der Waals surface area contributed by atoms with Gasteiger partial charge in [0.15, 0.2) is 0 Å². The predicted molar refractivity (Wildman–Crippen MR) is 102 cm³/mol. The Labute approximate surface area is 157 Å². The van der Waals surface area contributed by atoms with Crippen LogP contribution in [0.1, 0.15) is 23.2 Å². The molecule has 1 saturated heterocycles. The average Bonchev–Trinajstić information content (AvgIpc) is 3.12. The summed E-state index contributed by atoms with van der Waals surface area (Å²) in [4.78, 5) is 26.6. The maximum Gasteiger partial charge on any atom is 0.263 e. The van der Waals surface area contributed by atoms with Crippen molar-refractivity contribution < 1.29 is 23.8 Å². The highest BCUT2D eigenvalue weighted by molar-refractivity contribution is 6.08. The van der Waals surface area contributed by atoms with E-state index in [1.807, 2.05) is 0 Å². The monoisotopic (exact) mass is 370 g/mol. The van der Waals surface area contributed by atoms with E-state index in [9.17, 15) is 9.59 Å². The molecular formula is C20H22N2O5. The van der Waals surface area contributed by atoms with Gasteiger partial charge in [-0.15, -0.1) is 0 Å². The lowest BCUT2D eigenvalue weighted by Gasteiger charge is -2.20. The minimum Gasteiger partial charge on any atom is -0.496 e. The third kappa shape index (κ3) is 3.67. The lowest BCUT2D eigenvalue weighted by Crippen LogP contribution is -2.24. The molecule has 0 unspecified atom stereocenters. The molecule has 7 heteroatoms. The summed E-state index contributed by atoms with van der Waals surface area (Å²) < 4.78 is 16.0. The fraction of sp³-hybridized carbons (Fsp3) is 0.300. The third-order valence-corrected chi connectivity index (χ3v) is 4.46. The largest absolute Gasteiger partial charge is 0.496 e. The van der Waals surface area contributed by atoms with Crippen LogP contribution >= 0.6 is 0 Å². The van der Waals surface area contributed by atoms with Crippen LogP contribution < -0.4 is 24.4 Å². The number of ether oxygens (including phenoxy) is 3. The highest BCUT2D eigenvalue weighted by Gasteiger charge is 2.25. The van der Waals surface area contributed by atoms with Gasteiger partial charge in [-0.2, -0.15) is 0 Å². The van der Waals surface area contributed by atoms with Crippen LogP contribution in [0.4, 0.5) is 11.4 Å². The smallest absolute Gasteiger partial charge is 0.263 e. The highest BCUT2D eigenvalue weighted by atomic mass is 16.5. The predicted octanol–water partition coefficient (Wildman–Crippen LogP) is 3.09. The topological polar surface area (TPSA) is 77.1 Å². The Bertz CT molecular complexity index is 843. The van der Waals surface area contributed by atoms with E-state index >= 15 is 0 Å². The number of carbonyl (C=O) groups is 2. The molecule has 0 aliphatic carbocycles. The van der Waals surface area contributed by atoms with Crippen molar-refractivity contribution in [2.75, 3.05) is 38.1 Å². The molecule has 1 fully saturated rings. The van der Waals surface area contributed by atoms with Crippen molar-refractivity contribution in [2.45, 2.75) is 12.8 Å². The SMILES string of the molecule is COc1ccc(NC(=O)c2c(OC)cccc2OC)cc1N1CCCC1=O. The Morgan fingerprint density at radius 2 is 1.67 bits per heavy atom. The van der Waals surface area contributed by atoms with E-state index in [0.717, 1.165) is 6.42 Å². The van der Waals surface area contributed by atoms with Crippen molar-refractivity contribution in [3.63, 3.8) is 0 Å². The maximum atomic E-state index is 12.8. The summed E-state index contributed by atoms with van der Waals surface area (Å²) in [7, 11) is 4.55. The first-order valence-electron chi connectivity index (χ1n) is 8.59. The van der Waals surface area contributed by atoms with E-state index in [0.29, 0.717) is 47.2 Å². The molecule has 142 valence electrons. The van der Waals surface area contributed by atoms with Gasteiger partial charge in [-0.25, -0.2) is 0 Å². The standard InChI is InChI=1S/C20H22N2O5/c1-25-15-10-9-13(12-14(15)22-11-5-8-18(22)23)21-20(24)19-16(26-2)6-4-7-17(19)27-3/h4,6-7,9-10,12H,5,8,11H2,1-3H3,(H,21,24). The number of carbonyl (C=O) groups excluding carboxylic acids is 2. The van der Waals surface area contributed by atoms with E-state index in [2.05, 4.69) is 5.32 Å². The molecule has 1 N–H and O–H groups in total. The minimum absolute atomic E-state index is 0.0446. The molecule has 1 aliphatic heterocycles. The van der Waals surface area contributed by atoms with Gasteiger partial charge in [0.2, 0.25) is 5.91 Å². The van der Waals surface area contributed by atoms with Gasteiger partial charge in [0, 0.05) is 18.7 Å². The zero-order chi connectivity index (χ0) is 19.4. The van der Waals surface area contributed by atoms with Gasteiger partial charge >= 0.3 is 0 Å². The Balaban J connectivity index is 1.92. The Kier molecular flexibility index (Phi) is 5.49. The average molecular weight is 370 g/mol. The molecule has 2 aromatic carbocycles. The molecule has 0 saturated carbocycles. The van der Waals surface area contributed by atoms with Crippen LogP contribution in [0.15, 0.2) is 36.4 Å². The van der Waals surface area contributed by atoms with E-state index in [4.69, 9.17) is 14.2 Å². The normalized spacial score (nSPS) is 13.4. The number of nitrogens with zero attached hydrogens (tertiary/aromatic N) is 1. The number of anilines is 2. The van der Waals surface area contributed by atoms with Gasteiger partial charge in [0.25, 0.3) is 5.91 Å². The van der Waals surface area contributed by atoms with Crippen molar-refractivity contribution in [3.05, 3.63) is 42.0 Å². The molecule has 2 amide bonds. The van der Waals surface area contributed by atoms with Gasteiger partial charge in [0.05, 0.1) is 27.0 Å². The molecule has 2 aromatic rings. The first-order valence-corrected chi connectivity index (χ1v) is 8.59. The summed E-state index contributed by atoms with van der Waals surface area (Å²) in [6, 6.07) is 10.3. The number of methoxy groups -OCH3 is 3. The third-order valence-electron chi connectivity index (χ3n) is 4.46. The van der Waals surface area contributed by atoms with E-state index in [1.165, 1.54) is 14.2 Å². The first-order chi connectivity index (χ1) is 13.1. The zero-order valence-corrected chi connectivity index (χ0v) is 15.6. The molecule has 0 atom stereocenters. The van der Waals surface area contributed by atoms with Crippen molar-refractivity contribution in [2.24, 2.45) is 0 Å². The minimum atomic E-state index is -0.367. The van der Waals surface area contributed by atoms with Crippen molar-refractivity contribution >= 4 is 23.2 Å². The van der Waals surface area contributed by atoms with Crippen LogP contribution in [0, 0.1) is 0 Å². The second-order valence-corrected chi connectivity index (χ2v) is 6.03. The van der Waals surface area contributed by atoms with Crippen molar-refractivity contribution in [3.8, 4) is 17.2 Å². The summed E-state index contributed by atoms with van der Waals surface area (Å²) in [6.45, 7) is 0.632. The number of hydrogen-bond donors (Lipinski definition) is 1. The summed E-state index contributed by atoms with van der Waals surface area (Å²) >= 11 is 0. The molecule has 0 aromatic heterocycles. The van der Waals surface area contributed by atoms with Crippen LogP contribution in [-0.2, 0) is 4.79 Å². The lowest BCUT2D eigenvalue weighted by atomic mass is 10.1. The highest BCUT2D eigenvalue weighted by Crippen LogP contribution is 2.35. The second kappa shape index (κ2) is 7.99. The van der Waals surface area contributed by atoms with Gasteiger partial charge < -0.3 is 24.4 Å². The van der Waals surface area contributed by atoms with Crippen molar-refractivity contribution in [1.29, 1.82) is 0 Å². The molecule has 27 heavy (non-hydrogen) atoms. The van der Waals surface area contributed by atoms with E-state index in [-0.39, 0.29) is 11.8 Å². The fourth-order valence-corrected chi connectivity index (χ4v) is 3.15. The summed E-state index contributed by atoms with van der Waals surface area (Å²) in [5, 5.41) is 2.85. The number of benzene rings is 2. The molecule has 1 aliphatic rings. The molecule has 0 spiro atoms. The summed E-state index contributed by atoms with van der Waals surface area (Å²) in [5.41, 5.74) is 1.49. The quantitative estimate of drug-likeness (QED) is 0.846. The van der Waals surface area contributed by atoms with Crippen molar-refractivity contribution in [1.82, 2.24) is 0 Å². The first kappa shape index (κ1) is 18.6. The summed E-state index contributed by atoms with van der Waals surface area (Å²) in [5.74, 6) is 1.08. The van der Waals surface area contributed by atoms with Crippen LogP contribution in [0.5, 0.6) is 17.2 Å². The number of nitrogens with one attached hydrogen (secondary N) is 1. The lowest BCUT2D eigenvalue weighted by molar-refractivity contribution is -0.117. The van der Waals surface area contributed by atoms with Gasteiger partial charge in [0.1, 0.15) is 22.8 Å². The van der Waals surface area contributed by atoms with Crippen LogP contribution in [0.3, 0.4) is 0 Å².